The van der Waals surface area contributed by atoms with Crippen LogP contribution in [0.15, 0.2) is 60.8 Å². The summed E-state index contributed by atoms with van der Waals surface area (Å²) in [6.07, 6.45) is 2.73. The number of hydrogen-bond acceptors (Lipinski definition) is 6. The number of fused-ring (bicyclic) bond motifs is 1. The van der Waals surface area contributed by atoms with Crippen molar-refractivity contribution < 1.29 is 14.2 Å². The summed E-state index contributed by atoms with van der Waals surface area (Å²) >= 11 is 0. The lowest BCUT2D eigenvalue weighted by molar-refractivity contribution is 0.122. The average Bonchev–Trinajstić information content (AvgIpc) is 2.84. The molecule has 0 bridgehead atoms. The highest BCUT2D eigenvalue weighted by Crippen LogP contribution is 2.39. The normalized spacial score (nSPS) is 15.9. The van der Waals surface area contributed by atoms with Crippen LogP contribution in [0.4, 0.5) is 17.2 Å². The summed E-state index contributed by atoms with van der Waals surface area (Å²) in [5.41, 5.74) is 3.45. The number of morpholine rings is 1. The molecule has 1 fully saturated rings. The maximum absolute atomic E-state index is 6.09. The van der Waals surface area contributed by atoms with Crippen molar-refractivity contribution in [1.29, 1.82) is 0 Å². The zero-order valence-corrected chi connectivity index (χ0v) is 17.8. The van der Waals surface area contributed by atoms with Gasteiger partial charge in [0.05, 0.1) is 31.6 Å². The number of para-hydroxylation sites is 1. The highest BCUT2D eigenvalue weighted by molar-refractivity contribution is 5.70. The smallest absolute Gasteiger partial charge is 0.146 e. The van der Waals surface area contributed by atoms with Gasteiger partial charge in [-0.15, -0.1) is 0 Å². The summed E-state index contributed by atoms with van der Waals surface area (Å²) in [5, 5.41) is 0. The lowest BCUT2D eigenvalue weighted by Gasteiger charge is -2.31. The average molecular weight is 418 g/mol. The third-order valence-electron chi connectivity index (χ3n) is 5.74. The third-order valence-corrected chi connectivity index (χ3v) is 5.74. The molecule has 5 rings (SSSR count). The van der Waals surface area contributed by atoms with Gasteiger partial charge in [0, 0.05) is 24.8 Å². The first kappa shape index (κ1) is 19.7. The molecule has 0 spiro atoms. The SMILES string of the molecule is CCc1cccc2c1OCCN2c1ccc(Oc2cccc(N3CCOCC3)c2)cn1. The summed E-state index contributed by atoms with van der Waals surface area (Å²) in [4.78, 5) is 9.21. The monoisotopic (exact) mass is 417 g/mol. The molecular formula is C25H27N3O3. The van der Waals surface area contributed by atoms with Crippen LogP contribution in [0.2, 0.25) is 0 Å². The molecule has 6 nitrogen and oxygen atoms in total. The van der Waals surface area contributed by atoms with Gasteiger partial charge < -0.3 is 24.0 Å². The number of anilines is 3. The molecule has 2 aromatic carbocycles. The number of ether oxygens (including phenoxy) is 3. The maximum atomic E-state index is 6.09. The number of pyridine rings is 1. The predicted molar refractivity (Wildman–Crippen MR) is 122 cm³/mol. The molecule has 6 heteroatoms. The minimum Gasteiger partial charge on any atom is -0.489 e. The molecule has 160 valence electrons. The fraction of sp³-hybridized carbons (Fsp3) is 0.320. The van der Waals surface area contributed by atoms with Crippen LogP contribution in [0.25, 0.3) is 0 Å². The molecule has 0 unspecified atom stereocenters. The second-order valence-corrected chi connectivity index (χ2v) is 7.67. The molecular weight excluding hydrogens is 390 g/mol. The Hall–Kier alpha value is -3.25. The molecule has 2 aliphatic rings. The van der Waals surface area contributed by atoms with Crippen LogP contribution >= 0.6 is 0 Å². The van der Waals surface area contributed by atoms with E-state index in [9.17, 15) is 0 Å². The standard InChI is InChI=1S/C25H27N3O3/c1-2-19-5-3-8-23-25(19)30-16-13-28(23)24-10-9-22(18-26-24)31-21-7-4-6-20(17-21)27-11-14-29-15-12-27/h3-10,17-18H,2,11-16H2,1H3. The molecule has 1 aromatic heterocycles. The molecule has 0 aliphatic carbocycles. The zero-order valence-electron chi connectivity index (χ0n) is 17.8. The predicted octanol–water partition coefficient (Wildman–Crippen LogP) is 4.80. The molecule has 2 aliphatic heterocycles. The van der Waals surface area contributed by atoms with E-state index in [4.69, 9.17) is 14.2 Å². The summed E-state index contributed by atoms with van der Waals surface area (Å²) in [6, 6.07) is 18.5. The lowest BCUT2D eigenvalue weighted by atomic mass is 10.1. The Labute approximate surface area is 183 Å². The van der Waals surface area contributed by atoms with Crippen molar-refractivity contribution in [3.63, 3.8) is 0 Å². The number of nitrogens with zero attached hydrogens (tertiary/aromatic N) is 3. The molecule has 3 aromatic rings. The van der Waals surface area contributed by atoms with Gasteiger partial charge in [0.2, 0.25) is 0 Å². The first-order valence-corrected chi connectivity index (χ1v) is 10.9. The van der Waals surface area contributed by atoms with Crippen molar-refractivity contribution in [2.75, 3.05) is 49.3 Å². The second kappa shape index (κ2) is 8.86. The van der Waals surface area contributed by atoms with Crippen molar-refractivity contribution in [2.45, 2.75) is 13.3 Å². The molecule has 31 heavy (non-hydrogen) atoms. The number of benzene rings is 2. The molecule has 3 heterocycles. The van der Waals surface area contributed by atoms with Crippen molar-refractivity contribution >= 4 is 17.2 Å². The van der Waals surface area contributed by atoms with Crippen LogP contribution in [-0.2, 0) is 11.2 Å². The molecule has 0 atom stereocenters. The van der Waals surface area contributed by atoms with E-state index in [2.05, 4.69) is 52.0 Å². The fourth-order valence-corrected chi connectivity index (χ4v) is 4.12. The maximum Gasteiger partial charge on any atom is 0.146 e. The first-order chi connectivity index (χ1) is 15.3. The van der Waals surface area contributed by atoms with Gasteiger partial charge >= 0.3 is 0 Å². The molecule has 0 N–H and O–H groups in total. The summed E-state index contributed by atoms with van der Waals surface area (Å²) in [5.74, 6) is 3.40. The van der Waals surface area contributed by atoms with E-state index in [1.807, 2.05) is 24.3 Å². The number of aryl methyl sites for hydroxylation is 1. The van der Waals surface area contributed by atoms with E-state index in [0.717, 1.165) is 73.7 Å². The Kier molecular flexibility index (Phi) is 5.63. The van der Waals surface area contributed by atoms with Crippen LogP contribution in [0.5, 0.6) is 17.2 Å². The second-order valence-electron chi connectivity index (χ2n) is 7.67. The van der Waals surface area contributed by atoms with Gasteiger partial charge in [0.1, 0.15) is 29.7 Å². The lowest BCUT2D eigenvalue weighted by Crippen LogP contribution is -2.36. The van der Waals surface area contributed by atoms with Gasteiger partial charge in [-0.2, -0.15) is 0 Å². The van der Waals surface area contributed by atoms with Gasteiger partial charge in [-0.3, -0.25) is 0 Å². The topological polar surface area (TPSA) is 47.1 Å². The highest BCUT2D eigenvalue weighted by Gasteiger charge is 2.22. The van der Waals surface area contributed by atoms with Crippen LogP contribution < -0.4 is 19.3 Å². The number of rotatable bonds is 5. The summed E-state index contributed by atoms with van der Waals surface area (Å²) in [7, 11) is 0. The quantitative estimate of drug-likeness (QED) is 0.594. The molecule has 0 radical (unpaired) electrons. The van der Waals surface area contributed by atoms with Gasteiger partial charge in [-0.25, -0.2) is 4.98 Å². The Morgan fingerprint density at radius 1 is 0.935 bits per heavy atom. The summed E-state index contributed by atoms with van der Waals surface area (Å²) < 4.78 is 17.5. The van der Waals surface area contributed by atoms with Gasteiger partial charge in [0.25, 0.3) is 0 Å². The Morgan fingerprint density at radius 2 is 1.81 bits per heavy atom. The van der Waals surface area contributed by atoms with E-state index in [1.165, 1.54) is 5.56 Å². The number of aromatic nitrogens is 1. The van der Waals surface area contributed by atoms with E-state index in [1.54, 1.807) is 6.20 Å². The van der Waals surface area contributed by atoms with Gasteiger partial charge in [-0.05, 0) is 42.3 Å². The van der Waals surface area contributed by atoms with E-state index >= 15 is 0 Å². The van der Waals surface area contributed by atoms with E-state index in [0.29, 0.717) is 6.61 Å². The fourth-order valence-electron chi connectivity index (χ4n) is 4.12. The minimum absolute atomic E-state index is 0.651. The van der Waals surface area contributed by atoms with Gasteiger partial charge in [-0.1, -0.05) is 25.1 Å². The first-order valence-electron chi connectivity index (χ1n) is 10.9. The minimum atomic E-state index is 0.651. The number of hydrogen-bond donors (Lipinski definition) is 0. The van der Waals surface area contributed by atoms with E-state index in [-0.39, 0.29) is 0 Å². The molecule has 0 amide bonds. The molecule has 1 saturated heterocycles. The van der Waals surface area contributed by atoms with Crippen LogP contribution in [-0.4, -0.2) is 44.4 Å². The van der Waals surface area contributed by atoms with Crippen LogP contribution in [0, 0.1) is 0 Å². The summed E-state index contributed by atoms with van der Waals surface area (Å²) in [6.45, 7) is 6.91. The zero-order chi connectivity index (χ0) is 21.0. The largest absolute Gasteiger partial charge is 0.489 e. The van der Waals surface area contributed by atoms with Crippen LogP contribution in [0.1, 0.15) is 12.5 Å². The molecule has 0 saturated carbocycles. The Bertz CT molecular complexity index is 1030. The van der Waals surface area contributed by atoms with Crippen molar-refractivity contribution in [1.82, 2.24) is 4.98 Å². The van der Waals surface area contributed by atoms with Crippen molar-refractivity contribution in [3.05, 3.63) is 66.4 Å². The third kappa shape index (κ3) is 4.16. The van der Waals surface area contributed by atoms with Crippen molar-refractivity contribution in [3.8, 4) is 17.2 Å². The Morgan fingerprint density at radius 3 is 2.61 bits per heavy atom. The Balaban J connectivity index is 1.33. The highest BCUT2D eigenvalue weighted by atomic mass is 16.5. The van der Waals surface area contributed by atoms with E-state index < -0.39 is 0 Å². The van der Waals surface area contributed by atoms with Crippen LogP contribution in [0.3, 0.4) is 0 Å². The van der Waals surface area contributed by atoms with Crippen molar-refractivity contribution in [2.24, 2.45) is 0 Å². The van der Waals surface area contributed by atoms with Gasteiger partial charge in [0.15, 0.2) is 0 Å².